The Kier molecular flexibility index (Phi) is 4.09. The van der Waals surface area contributed by atoms with Crippen molar-refractivity contribution in [1.29, 1.82) is 0 Å². The Morgan fingerprint density at radius 1 is 1.14 bits per heavy atom. The molecule has 0 aliphatic carbocycles. The van der Waals surface area contributed by atoms with Gasteiger partial charge in [-0.25, -0.2) is 4.39 Å². The van der Waals surface area contributed by atoms with Crippen molar-refractivity contribution in [1.82, 2.24) is 0 Å². The average molecular weight is 308 g/mol. The summed E-state index contributed by atoms with van der Waals surface area (Å²) in [6.45, 7) is 0. The molecular formula is C14H11ClFN3O2. The monoisotopic (exact) mass is 307 g/mol. The molecule has 21 heavy (non-hydrogen) atoms. The van der Waals surface area contributed by atoms with Gasteiger partial charge in [-0.2, -0.15) is 0 Å². The molecule has 0 atom stereocenters. The Morgan fingerprint density at radius 2 is 1.86 bits per heavy atom. The number of halogens is 2. The molecule has 0 heterocycles. The van der Waals surface area contributed by atoms with Crippen LogP contribution in [0.25, 0.3) is 0 Å². The molecule has 108 valence electrons. The number of rotatable bonds is 3. The molecule has 0 aromatic heterocycles. The smallest absolute Gasteiger partial charge is 0.257 e. The molecule has 0 aliphatic rings. The van der Waals surface area contributed by atoms with Crippen LogP contribution < -0.4 is 16.8 Å². The number of carbonyl (C=O) groups is 2. The van der Waals surface area contributed by atoms with Crippen LogP contribution in [0.2, 0.25) is 5.02 Å². The van der Waals surface area contributed by atoms with Gasteiger partial charge in [0.2, 0.25) is 5.91 Å². The van der Waals surface area contributed by atoms with Crippen molar-refractivity contribution in [3.8, 4) is 0 Å². The normalized spacial score (nSPS) is 10.2. The molecule has 0 fully saturated rings. The van der Waals surface area contributed by atoms with Crippen LogP contribution in [0.4, 0.5) is 15.8 Å². The fourth-order valence-corrected chi connectivity index (χ4v) is 1.85. The van der Waals surface area contributed by atoms with E-state index in [1.165, 1.54) is 24.3 Å². The maximum Gasteiger partial charge on any atom is 0.257 e. The van der Waals surface area contributed by atoms with Crippen molar-refractivity contribution < 1.29 is 14.0 Å². The molecular weight excluding hydrogens is 297 g/mol. The third-order valence-corrected chi connectivity index (χ3v) is 3.09. The second kappa shape index (κ2) is 5.80. The Balaban J connectivity index is 2.33. The molecule has 2 amide bonds. The number of nitrogen functional groups attached to an aromatic ring is 1. The fraction of sp³-hybridized carbons (Fsp3) is 0. The van der Waals surface area contributed by atoms with E-state index in [0.29, 0.717) is 0 Å². The number of carbonyl (C=O) groups excluding carboxylic acids is 2. The molecule has 0 saturated heterocycles. The van der Waals surface area contributed by atoms with E-state index in [9.17, 15) is 14.0 Å². The summed E-state index contributed by atoms with van der Waals surface area (Å²) in [6.07, 6.45) is 0. The summed E-state index contributed by atoms with van der Waals surface area (Å²) in [5.74, 6) is -1.89. The summed E-state index contributed by atoms with van der Waals surface area (Å²) >= 11 is 5.93. The summed E-state index contributed by atoms with van der Waals surface area (Å²) in [6, 6.07) is 7.62. The van der Waals surface area contributed by atoms with Crippen LogP contribution in [-0.4, -0.2) is 11.8 Å². The molecule has 2 aromatic carbocycles. The highest BCUT2D eigenvalue weighted by molar-refractivity contribution is 6.34. The van der Waals surface area contributed by atoms with Gasteiger partial charge in [-0.15, -0.1) is 0 Å². The molecule has 0 bridgehead atoms. The second-order valence-electron chi connectivity index (χ2n) is 4.24. The van der Waals surface area contributed by atoms with Gasteiger partial charge >= 0.3 is 0 Å². The van der Waals surface area contributed by atoms with Gasteiger partial charge in [0.25, 0.3) is 5.91 Å². The Bertz CT molecular complexity index is 734. The molecule has 0 aliphatic heterocycles. The number of benzene rings is 2. The lowest BCUT2D eigenvalue weighted by molar-refractivity contribution is 0.0996. The zero-order valence-corrected chi connectivity index (χ0v) is 11.4. The molecule has 0 unspecified atom stereocenters. The molecule has 2 rings (SSSR count). The topological polar surface area (TPSA) is 98.2 Å². The van der Waals surface area contributed by atoms with Crippen molar-refractivity contribution in [3.05, 3.63) is 58.4 Å². The summed E-state index contributed by atoms with van der Waals surface area (Å²) in [5, 5.41) is 2.68. The Hall–Kier alpha value is -2.60. The van der Waals surface area contributed by atoms with E-state index in [1.807, 2.05) is 0 Å². The van der Waals surface area contributed by atoms with E-state index < -0.39 is 17.6 Å². The predicted molar refractivity (Wildman–Crippen MR) is 78.7 cm³/mol. The highest BCUT2D eigenvalue weighted by atomic mass is 35.5. The van der Waals surface area contributed by atoms with Gasteiger partial charge < -0.3 is 16.8 Å². The standard InChI is InChI=1S/C14H11ClFN3O2/c15-10-3-1-7(13(18)20)5-12(10)19-14(21)9-6-8(16)2-4-11(9)17/h1-6H,17H2,(H2,18,20)(H,19,21). The minimum Gasteiger partial charge on any atom is -0.398 e. The number of primary amides is 1. The van der Waals surface area contributed by atoms with E-state index in [2.05, 4.69) is 5.32 Å². The second-order valence-corrected chi connectivity index (χ2v) is 4.65. The third kappa shape index (κ3) is 3.29. The summed E-state index contributed by atoms with van der Waals surface area (Å²) in [5.41, 5.74) is 11.2. The molecule has 0 spiro atoms. The number of hydrogen-bond acceptors (Lipinski definition) is 3. The third-order valence-electron chi connectivity index (χ3n) is 2.76. The summed E-state index contributed by atoms with van der Waals surface area (Å²) in [4.78, 5) is 23.2. The predicted octanol–water partition coefficient (Wildman–Crippen LogP) is 2.41. The highest BCUT2D eigenvalue weighted by Gasteiger charge is 2.14. The summed E-state index contributed by atoms with van der Waals surface area (Å²) < 4.78 is 13.2. The lowest BCUT2D eigenvalue weighted by Crippen LogP contribution is -2.16. The Morgan fingerprint density at radius 3 is 2.52 bits per heavy atom. The van der Waals surface area contributed by atoms with Crippen LogP contribution in [0, 0.1) is 5.82 Å². The van der Waals surface area contributed by atoms with Crippen molar-refractivity contribution >= 4 is 34.8 Å². The number of amides is 2. The maximum atomic E-state index is 13.2. The van der Waals surface area contributed by atoms with Crippen molar-refractivity contribution in [2.24, 2.45) is 5.73 Å². The SMILES string of the molecule is NC(=O)c1ccc(Cl)c(NC(=O)c2cc(F)ccc2N)c1. The minimum atomic E-state index is -0.660. The van der Waals surface area contributed by atoms with Crippen molar-refractivity contribution in [2.45, 2.75) is 0 Å². The minimum absolute atomic E-state index is 0.0319. The van der Waals surface area contributed by atoms with Gasteiger partial charge in [0, 0.05) is 11.3 Å². The van der Waals surface area contributed by atoms with Crippen LogP contribution >= 0.6 is 11.6 Å². The molecule has 5 nitrogen and oxygen atoms in total. The number of nitrogens with two attached hydrogens (primary N) is 2. The van der Waals surface area contributed by atoms with Gasteiger partial charge in [-0.1, -0.05) is 11.6 Å². The molecule has 2 aromatic rings. The van der Waals surface area contributed by atoms with Crippen LogP contribution in [0.3, 0.4) is 0 Å². The number of hydrogen-bond donors (Lipinski definition) is 3. The quantitative estimate of drug-likeness (QED) is 0.759. The summed E-state index contributed by atoms with van der Waals surface area (Å²) in [7, 11) is 0. The van der Waals surface area contributed by atoms with E-state index in [-0.39, 0.29) is 27.5 Å². The van der Waals surface area contributed by atoms with E-state index in [4.69, 9.17) is 23.1 Å². The first-order chi connectivity index (χ1) is 9.88. The first-order valence-corrected chi connectivity index (χ1v) is 6.22. The van der Waals surface area contributed by atoms with Gasteiger partial charge in [0.15, 0.2) is 0 Å². The largest absolute Gasteiger partial charge is 0.398 e. The van der Waals surface area contributed by atoms with Gasteiger partial charge in [-0.3, -0.25) is 9.59 Å². The first-order valence-electron chi connectivity index (χ1n) is 5.84. The Labute approximate surface area is 124 Å². The van der Waals surface area contributed by atoms with E-state index in [0.717, 1.165) is 12.1 Å². The van der Waals surface area contributed by atoms with Crippen LogP contribution in [0.1, 0.15) is 20.7 Å². The van der Waals surface area contributed by atoms with Crippen molar-refractivity contribution in [2.75, 3.05) is 11.1 Å². The maximum absolute atomic E-state index is 13.2. The van der Waals surface area contributed by atoms with Crippen LogP contribution in [-0.2, 0) is 0 Å². The fourth-order valence-electron chi connectivity index (χ4n) is 1.69. The lowest BCUT2D eigenvalue weighted by Gasteiger charge is -2.10. The van der Waals surface area contributed by atoms with Crippen LogP contribution in [0.5, 0.6) is 0 Å². The zero-order valence-electron chi connectivity index (χ0n) is 10.7. The van der Waals surface area contributed by atoms with Gasteiger partial charge in [0.05, 0.1) is 16.3 Å². The van der Waals surface area contributed by atoms with Gasteiger partial charge in [0.1, 0.15) is 5.82 Å². The highest BCUT2D eigenvalue weighted by Crippen LogP contribution is 2.24. The van der Waals surface area contributed by atoms with E-state index in [1.54, 1.807) is 0 Å². The first kappa shape index (κ1) is 14.8. The zero-order chi connectivity index (χ0) is 15.6. The average Bonchev–Trinajstić information content (AvgIpc) is 2.43. The van der Waals surface area contributed by atoms with Crippen molar-refractivity contribution in [3.63, 3.8) is 0 Å². The lowest BCUT2D eigenvalue weighted by atomic mass is 10.1. The molecule has 0 saturated carbocycles. The van der Waals surface area contributed by atoms with Gasteiger partial charge in [-0.05, 0) is 36.4 Å². The molecule has 7 heteroatoms. The molecule has 0 radical (unpaired) electrons. The van der Waals surface area contributed by atoms with E-state index >= 15 is 0 Å². The number of anilines is 2. The number of nitrogens with one attached hydrogen (secondary N) is 1. The molecule has 5 N–H and O–H groups in total. The van der Waals surface area contributed by atoms with Crippen LogP contribution in [0.15, 0.2) is 36.4 Å².